The van der Waals surface area contributed by atoms with Gasteiger partial charge in [0, 0.05) is 112 Å². The van der Waals surface area contributed by atoms with E-state index in [9.17, 15) is 44.2 Å². The molecule has 0 spiro atoms. The number of carbonyl (C=O) groups excluding carboxylic acids is 5. The van der Waals surface area contributed by atoms with E-state index in [2.05, 4.69) is 32.6 Å². The van der Waals surface area contributed by atoms with Crippen LogP contribution in [0.15, 0.2) is 201 Å². The van der Waals surface area contributed by atoms with E-state index in [0.29, 0.717) is 128 Å². The zero-order valence-electron chi connectivity index (χ0n) is 74.4. The third kappa shape index (κ3) is 32.5. The molecule has 1 amide bonds. The summed E-state index contributed by atoms with van der Waals surface area (Å²) in [5.74, 6) is -0.949. The summed E-state index contributed by atoms with van der Waals surface area (Å²) in [4.78, 5) is 88.7. The molecule has 0 bridgehead atoms. The lowest BCUT2D eigenvalue weighted by atomic mass is 10.1. The average Bonchev–Trinajstić information content (AvgIpc) is 1.62. The Kier molecular flexibility index (Phi) is 41.0. The molecule has 0 fully saturated rings. The molecular formula is C96H84Cl16IN9O14. The van der Waals surface area contributed by atoms with Gasteiger partial charge in [0.25, 0.3) is 17.3 Å². The highest BCUT2D eigenvalue weighted by atomic mass is 127. The number of H-pyrrole nitrogens is 2. The van der Waals surface area contributed by atoms with Crippen molar-refractivity contribution in [1.82, 2.24) is 34.0 Å². The summed E-state index contributed by atoms with van der Waals surface area (Å²) in [7, 11) is 4.97. The molecule has 0 aliphatic rings. The highest BCUT2D eigenvalue weighted by molar-refractivity contribution is 14.1. The predicted molar refractivity (Wildman–Crippen MR) is 564 cm³/mol. The van der Waals surface area contributed by atoms with Crippen molar-refractivity contribution in [1.29, 1.82) is 0 Å². The minimum Gasteiger partial charge on any atom is -0.465 e. The van der Waals surface area contributed by atoms with Crippen LogP contribution in [0.4, 0.5) is 25.8 Å². The van der Waals surface area contributed by atoms with Gasteiger partial charge in [-0.3, -0.25) is 34.8 Å². The van der Waals surface area contributed by atoms with Crippen LogP contribution in [0.2, 0.25) is 80.4 Å². The molecule has 0 aliphatic heterocycles. The van der Waals surface area contributed by atoms with Crippen LogP contribution in [0.5, 0.6) is 0 Å². The number of nitrogens with zero attached hydrogens (tertiary/aromatic N) is 6. The molecule has 0 aliphatic carbocycles. The zero-order valence-corrected chi connectivity index (χ0v) is 88.7. The monoisotopic (exact) mass is 2270 g/mol. The van der Waals surface area contributed by atoms with E-state index in [-0.39, 0.29) is 21.4 Å². The highest BCUT2D eigenvalue weighted by Crippen LogP contribution is 2.38. The number of benzene rings is 10. The lowest BCUT2D eigenvalue weighted by Gasteiger charge is -2.21. The number of nitrogens with one attached hydrogen (secondary N) is 3. The maximum Gasteiger partial charge on any atom is 0.419 e. The second kappa shape index (κ2) is 49.7. The van der Waals surface area contributed by atoms with Crippen LogP contribution in [0.25, 0.3) is 60.6 Å². The first kappa shape index (κ1) is 112. The van der Waals surface area contributed by atoms with Gasteiger partial charge in [-0.15, -0.1) is 0 Å². The summed E-state index contributed by atoms with van der Waals surface area (Å²) >= 11 is 96.0. The number of ether oxygens (including phenoxy) is 4. The van der Waals surface area contributed by atoms with Crippen molar-refractivity contribution in [3.63, 3.8) is 0 Å². The van der Waals surface area contributed by atoms with E-state index in [0.717, 1.165) is 64.0 Å². The normalized spacial score (nSPS) is 11.1. The molecule has 10 aromatic carbocycles. The molecule has 0 radical (unpaired) electrons. The van der Waals surface area contributed by atoms with Crippen molar-refractivity contribution in [3.8, 4) is 0 Å². The van der Waals surface area contributed by atoms with E-state index >= 15 is 0 Å². The van der Waals surface area contributed by atoms with Crippen LogP contribution in [-0.2, 0) is 31.8 Å². The number of halogens is 17. The number of hydrogen-bond acceptors (Lipinski definition) is 15. The Labute approximate surface area is 876 Å². The van der Waals surface area contributed by atoms with Crippen LogP contribution in [0.3, 0.4) is 0 Å². The number of methoxy groups -OCH3 is 1. The Bertz CT molecular complexity index is 6940. The SMILES string of the molecule is CC(C)(C)OC(=O)n1c(I)cc2cc(Cl)c(Cl)cc21.CC(C)(C)OC(=O)n1ccc2cc(Cl)c(Cl)cc21.CN(C)/C=C/c1cc(Cl)c(Cl)cc1[N+](=O)[O-].COC(=O)c1cccc(Cc2cc3cc(Cl)c(Cl)cc3n2C(=O)OC(C)(C)C)c1.Cc1cc(Cl)c(Cl)cc1[N+](=O)[O-].Cc1ccc(Cl)c(Cl)c1.Clc1cc2cc[nH]c2cc1Cl.O=C(NO)c1cccc(Cc2cc3cc(Cl)c(Cl)cc3[nH]2)c1. The van der Waals surface area contributed by atoms with E-state index in [4.69, 9.17) is 210 Å². The van der Waals surface area contributed by atoms with E-state index in [1.165, 1.54) is 45.1 Å². The molecule has 0 saturated carbocycles. The maximum atomic E-state index is 13.0. The Hall–Kier alpha value is -9.08. The quantitative estimate of drug-likeness (QED) is 0.0247. The second-order valence-corrected chi connectivity index (χ2v) is 40.3. The largest absolute Gasteiger partial charge is 0.465 e. The molecule has 5 aromatic heterocycles. The van der Waals surface area contributed by atoms with Crippen molar-refractivity contribution in [3.05, 3.63) is 355 Å². The predicted octanol–water partition coefficient (Wildman–Crippen LogP) is 33.8. The van der Waals surface area contributed by atoms with Crippen LogP contribution >= 0.6 is 208 Å². The summed E-state index contributed by atoms with van der Waals surface area (Å²) in [5, 5.41) is 41.3. The summed E-state index contributed by atoms with van der Waals surface area (Å²) in [6.45, 7) is 19.9. The number of amides is 1. The fourth-order valence-electron chi connectivity index (χ4n) is 12.3. The van der Waals surface area contributed by atoms with Gasteiger partial charge in [-0.2, -0.15) is 0 Å². The van der Waals surface area contributed by atoms with Crippen LogP contribution in [0, 0.1) is 37.8 Å². The number of aromatic amines is 2. The third-order valence-corrected chi connectivity index (χ3v) is 24.8. The molecule has 4 N–H and O–H groups in total. The highest BCUT2D eigenvalue weighted by Gasteiger charge is 2.27. The lowest BCUT2D eigenvalue weighted by Crippen LogP contribution is -2.28. The zero-order chi connectivity index (χ0) is 101. The van der Waals surface area contributed by atoms with Crippen LogP contribution in [-0.4, -0.2) is 112 Å². The van der Waals surface area contributed by atoms with E-state index in [1.54, 1.807) is 148 Å². The standard InChI is InChI=1S/C22H21Cl2NO4.C16H12Cl2N2O2.C13H12Cl2INO2.C13H13Cl2NO2.C10H10Cl2N2O2.C8H5Cl2N.C7H5Cl2NO2.C7H6Cl2/c1-22(2,3)29-21(27)25-16(10-15-11-17(23)18(24)12-19(15)25)9-13-6-5-7-14(8-13)20(26)28-4;17-13-7-11-6-12(19-15(11)8-14(13)18)5-9-2-1-3-10(4-9)16(21)20-22;1-13(2,3)19-12(18)17-10-6-9(15)8(14)4-7(10)5-11(17)16;1-13(2,3)18-12(17)16-5-4-8-6-9(14)10(15)7-11(8)16;1-13(2)4-3-7-5-8(11)9(12)6-10(7)14(15)16;9-6-3-5-1-2-11-8(5)4-7(6)10;1-4-2-5(8)6(9)3-7(4)10(11)12;1-5-2-3-6(8)7(9)4-5/h5-8,10-12H,9H2,1-4H3;1-4,6-8,19,22H,5H2,(H,20,21);4-6H,1-3H3;4-7H,1-3H3;3-6H,1-2H3;1-4,11H;2-3H,1H3;2-4H,1H3/b;;;;4-3+;;;. The number of nitro benzene ring substituents is 2. The summed E-state index contributed by atoms with van der Waals surface area (Å²) in [5.41, 5.74) is 10.1. The van der Waals surface area contributed by atoms with Crippen molar-refractivity contribution in [2.24, 2.45) is 0 Å². The topological polar surface area (TPSA) is 290 Å². The number of nitro groups is 2. The molecule has 15 aromatic rings. The van der Waals surface area contributed by atoms with E-state index in [1.807, 2.05) is 135 Å². The number of esters is 1. The van der Waals surface area contributed by atoms with Gasteiger partial charge in [0.2, 0.25) is 0 Å². The van der Waals surface area contributed by atoms with Crippen LogP contribution in [0.1, 0.15) is 122 Å². The van der Waals surface area contributed by atoms with Crippen molar-refractivity contribution < 1.29 is 58.0 Å². The van der Waals surface area contributed by atoms with Crippen molar-refractivity contribution >= 4 is 310 Å². The molecular weight excluding hydrogens is 2200 g/mol. The fraction of sp³-hybridized carbons (Fsp3) is 0.198. The lowest BCUT2D eigenvalue weighted by molar-refractivity contribution is -0.385. The summed E-state index contributed by atoms with van der Waals surface area (Å²) in [6, 6.07) is 52.0. The van der Waals surface area contributed by atoms with Gasteiger partial charge >= 0.3 is 24.2 Å². The average molecular weight is 2280 g/mol. The number of carbonyl (C=O) groups is 5. The summed E-state index contributed by atoms with van der Waals surface area (Å²) < 4.78 is 26.2. The number of rotatable bonds is 10. The molecule has 136 heavy (non-hydrogen) atoms. The first-order valence-corrected chi connectivity index (χ1v) is 47.1. The smallest absolute Gasteiger partial charge is 0.419 e. The first-order chi connectivity index (χ1) is 63.5. The Morgan fingerprint density at radius 2 is 0.897 bits per heavy atom. The molecule has 0 saturated heterocycles. The van der Waals surface area contributed by atoms with Gasteiger partial charge in [0.1, 0.15) is 16.8 Å². The number of aryl methyl sites for hydroxylation is 2. The Morgan fingerprint density at radius 1 is 0.456 bits per heavy atom. The fourth-order valence-corrected chi connectivity index (χ4v) is 15.8. The first-order valence-electron chi connectivity index (χ1n) is 39.9. The number of aromatic nitrogens is 5. The molecule has 716 valence electrons. The van der Waals surface area contributed by atoms with Crippen molar-refractivity contribution in [2.75, 3.05) is 21.2 Å². The minimum atomic E-state index is -0.661. The molecule has 5 heterocycles. The van der Waals surface area contributed by atoms with Crippen molar-refractivity contribution in [2.45, 2.75) is 106 Å². The molecule has 0 atom stereocenters. The van der Waals surface area contributed by atoms with Crippen LogP contribution < -0.4 is 5.48 Å². The Balaban J connectivity index is 0.000000195. The van der Waals surface area contributed by atoms with Gasteiger partial charge in [-0.1, -0.05) is 216 Å². The third-order valence-electron chi connectivity index (χ3n) is 18.3. The maximum absolute atomic E-state index is 13.0. The molecule has 15 rings (SSSR count). The van der Waals surface area contributed by atoms with Gasteiger partial charge in [-0.25, -0.2) is 33.8 Å². The van der Waals surface area contributed by atoms with Gasteiger partial charge in [0.05, 0.1) is 129 Å². The minimum absolute atomic E-state index is 0.00981. The molecule has 23 nitrogen and oxygen atoms in total. The van der Waals surface area contributed by atoms with Gasteiger partial charge < -0.3 is 33.8 Å². The summed E-state index contributed by atoms with van der Waals surface area (Å²) in [6.07, 6.45) is 6.46. The molecule has 0 unspecified atom stereocenters. The van der Waals surface area contributed by atoms with Gasteiger partial charge in [-0.05, 0) is 267 Å². The van der Waals surface area contributed by atoms with E-state index < -0.39 is 56.8 Å². The number of hydroxylamine groups is 1. The number of fused-ring (bicyclic) bond motifs is 5. The Morgan fingerprint density at radius 3 is 1.43 bits per heavy atom. The number of hydrogen-bond donors (Lipinski definition) is 4. The van der Waals surface area contributed by atoms with Gasteiger partial charge in [0.15, 0.2) is 0 Å². The molecule has 40 heteroatoms. The second-order valence-electron chi connectivity index (χ2n) is 32.6.